The zero-order valence-corrected chi connectivity index (χ0v) is 39.1. The van der Waals surface area contributed by atoms with Crippen molar-refractivity contribution in [3.8, 4) is 92.0 Å². The summed E-state index contributed by atoms with van der Waals surface area (Å²) in [5.41, 5.74) is 3.52. The second-order valence-electron chi connectivity index (χ2n) is 18.2. The Kier molecular flexibility index (Phi) is 13.8. The second-order valence-corrected chi connectivity index (χ2v) is 18.2. The van der Waals surface area contributed by atoms with Crippen LogP contribution >= 0.6 is 0 Å². The van der Waals surface area contributed by atoms with Gasteiger partial charge in [-0.3, -0.25) is 0 Å². The van der Waals surface area contributed by atoms with Crippen molar-refractivity contribution in [2.75, 3.05) is 0 Å². The summed E-state index contributed by atoms with van der Waals surface area (Å²) in [6.07, 6.45) is -0.213. The molecule has 0 aliphatic heterocycles. The molecular formula is C57H52O16. The van der Waals surface area contributed by atoms with Crippen LogP contribution in [0, 0.1) is 0 Å². The Morgan fingerprint density at radius 3 is 0.521 bits per heavy atom. The summed E-state index contributed by atoms with van der Waals surface area (Å²) in [5, 5.41) is 172. The Labute approximate surface area is 417 Å². The zero-order valence-electron chi connectivity index (χ0n) is 39.1. The van der Waals surface area contributed by atoms with Gasteiger partial charge in [0.25, 0.3) is 0 Å². The highest BCUT2D eigenvalue weighted by atomic mass is 16.3. The van der Waals surface area contributed by atoms with Gasteiger partial charge in [-0.1, -0.05) is 6.92 Å². The fourth-order valence-corrected chi connectivity index (χ4v) is 8.92. The molecule has 0 radical (unpaired) electrons. The first-order valence-corrected chi connectivity index (χ1v) is 22.9. The van der Waals surface area contributed by atoms with Crippen LogP contribution in [0.4, 0.5) is 0 Å². The van der Waals surface area contributed by atoms with Crippen molar-refractivity contribution in [3.63, 3.8) is 0 Å². The average molecular weight is 993 g/mol. The van der Waals surface area contributed by atoms with Crippen molar-refractivity contribution in [3.05, 3.63) is 187 Å². The molecule has 0 heterocycles. The van der Waals surface area contributed by atoms with Gasteiger partial charge in [-0.15, -0.1) is 0 Å². The molecule has 16 N–H and O–H groups in total. The number of aromatic hydroxyl groups is 16. The molecule has 0 saturated heterocycles. The van der Waals surface area contributed by atoms with E-state index in [-0.39, 0.29) is 204 Å². The molecule has 0 aliphatic rings. The van der Waals surface area contributed by atoms with Crippen molar-refractivity contribution < 1.29 is 81.7 Å². The predicted molar refractivity (Wildman–Crippen MR) is 267 cm³/mol. The molecule has 0 bridgehead atoms. The molecule has 0 saturated carbocycles. The minimum absolute atomic E-state index is 0.00571. The molecule has 0 amide bonds. The third-order valence-electron chi connectivity index (χ3n) is 13.1. The van der Waals surface area contributed by atoms with E-state index < -0.39 is 0 Å². The molecule has 0 aromatic heterocycles. The first-order chi connectivity index (χ1) is 34.6. The SMILES string of the molecule is CCc1cc(O)c(Cc2cc(O)c(Cc3cc(O)c(Cc4cc(O)c(Cc5cc(O)c(Cc6cc(O)c(Cc7cc(O)c(Cc8cc(O)ccc8O)cc7O)cc6O)cc5O)cc4O)cc3O)cc2O)cc1O. The topological polar surface area (TPSA) is 324 Å². The van der Waals surface area contributed by atoms with Crippen LogP contribution in [0.1, 0.15) is 90.4 Å². The molecule has 8 aromatic rings. The molecular weight excluding hydrogens is 941 g/mol. The van der Waals surface area contributed by atoms with Gasteiger partial charge in [0.15, 0.2) is 0 Å². The summed E-state index contributed by atoms with van der Waals surface area (Å²) in [7, 11) is 0. The van der Waals surface area contributed by atoms with Gasteiger partial charge in [0, 0.05) is 123 Å². The third kappa shape index (κ3) is 10.8. The Morgan fingerprint density at radius 1 is 0.192 bits per heavy atom. The minimum atomic E-state index is -0.298. The smallest absolute Gasteiger partial charge is 0.119 e. The standard InChI is InChI=1S/C57H52O16/c1-2-27-13-45(61)30(14-44(27)60)6-31-17-49(65)34(18-48(31)64)8-35-21-53(69)38(22-52(35)68)10-39-25-57(73)41(26-56(39)72)11-40-24-54(70)37(23-55(40)71)9-36-20-50(66)33(19-51(36)67)7-32-16-46(62)29(15-47(32)63)5-28-12-42(58)3-4-43(28)59/h3-4,12-26,58-73H,2,5-11H2,1H3. The third-order valence-corrected chi connectivity index (χ3v) is 13.1. The van der Waals surface area contributed by atoms with Crippen LogP contribution in [0.2, 0.25) is 0 Å². The fourth-order valence-electron chi connectivity index (χ4n) is 8.92. The van der Waals surface area contributed by atoms with E-state index in [0.29, 0.717) is 23.1 Å². The minimum Gasteiger partial charge on any atom is -0.508 e. The molecule has 0 spiro atoms. The Hall–Kier alpha value is -9.44. The molecule has 8 rings (SSSR count). The van der Waals surface area contributed by atoms with Gasteiger partial charge >= 0.3 is 0 Å². The fraction of sp³-hybridized carbons (Fsp3) is 0.158. The monoisotopic (exact) mass is 992 g/mol. The average Bonchev–Trinajstić information content (AvgIpc) is 3.32. The first-order valence-electron chi connectivity index (χ1n) is 22.9. The highest BCUT2D eigenvalue weighted by Crippen LogP contribution is 2.42. The summed E-state index contributed by atoms with van der Waals surface area (Å²) in [4.78, 5) is 0. The van der Waals surface area contributed by atoms with E-state index in [2.05, 4.69) is 0 Å². The maximum Gasteiger partial charge on any atom is 0.119 e. The van der Waals surface area contributed by atoms with Crippen molar-refractivity contribution >= 4 is 0 Å². The van der Waals surface area contributed by atoms with Crippen LogP contribution in [0.5, 0.6) is 92.0 Å². The second kappa shape index (κ2) is 20.1. The number of phenols is 16. The quantitative estimate of drug-likeness (QED) is 0.0427. The summed E-state index contributed by atoms with van der Waals surface area (Å²) >= 11 is 0. The number of phenolic OH excluding ortho intramolecular Hbond substituents is 16. The van der Waals surface area contributed by atoms with Gasteiger partial charge in [0.1, 0.15) is 92.0 Å². The van der Waals surface area contributed by atoms with Gasteiger partial charge in [-0.05, 0) is 115 Å². The van der Waals surface area contributed by atoms with E-state index in [1.807, 2.05) is 6.92 Å². The van der Waals surface area contributed by atoms with Crippen LogP contribution in [0.3, 0.4) is 0 Å². The van der Waals surface area contributed by atoms with Gasteiger partial charge in [-0.25, -0.2) is 0 Å². The van der Waals surface area contributed by atoms with E-state index in [4.69, 9.17) is 0 Å². The molecule has 0 fully saturated rings. The largest absolute Gasteiger partial charge is 0.508 e. The first kappa shape index (κ1) is 50.0. The van der Waals surface area contributed by atoms with Crippen LogP contribution in [0.25, 0.3) is 0 Å². The zero-order chi connectivity index (χ0) is 52.6. The van der Waals surface area contributed by atoms with Gasteiger partial charge in [0.2, 0.25) is 0 Å². The van der Waals surface area contributed by atoms with E-state index in [1.54, 1.807) is 0 Å². The molecule has 0 aliphatic carbocycles. The summed E-state index contributed by atoms with van der Waals surface area (Å²) in [6, 6.07) is 22.1. The number of hydrogen-bond acceptors (Lipinski definition) is 16. The van der Waals surface area contributed by atoms with Crippen molar-refractivity contribution in [1.29, 1.82) is 0 Å². The maximum absolute atomic E-state index is 11.1. The Bertz CT molecular complexity index is 3450. The molecule has 16 heteroatoms. The number of aryl methyl sites for hydroxylation is 1. The lowest BCUT2D eigenvalue weighted by Gasteiger charge is -2.15. The highest BCUT2D eigenvalue weighted by molar-refractivity contribution is 5.59. The van der Waals surface area contributed by atoms with Gasteiger partial charge in [-0.2, -0.15) is 0 Å². The maximum atomic E-state index is 11.1. The van der Waals surface area contributed by atoms with Crippen LogP contribution in [-0.4, -0.2) is 81.7 Å². The predicted octanol–water partition coefficient (Wildman–Crippen LogP) is 8.67. The Morgan fingerprint density at radius 2 is 0.342 bits per heavy atom. The number of rotatable bonds is 15. The number of benzene rings is 8. The molecule has 0 atom stereocenters. The molecule has 376 valence electrons. The van der Waals surface area contributed by atoms with Crippen molar-refractivity contribution in [2.24, 2.45) is 0 Å². The summed E-state index contributed by atoms with van der Waals surface area (Å²) in [5.74, 6) is -3.49. The van der Waals surface area contributed by atoms with E-state index >= 15 is 0 Å². The highest BCUT2D eigenvalue weighted by Gasteiger charge is 2.21. The van der Waals surface area contributed by atoms with Crippen molar-refractivity contribution in [2.45, 2.75) is 58.3 Å². The van der Waals surface area contributed by atoms with E-state index in [1.165, 1.54) is 103 Å². The van der Waals surface area contributed by atoms with E-state index in [0.717, 1.165) is 0 Å². The summed E-state index contributed by atoms with van der Waals surface area (Å²) < 4.78 is 0. The van der Waals surface area contributed by atoms with Crippen molar-refractivity contribution in [1.82, 2.24) is 0 Å². The van der Waals surface area contributed by atoms with Crippen LogP contribution in [0.15, 0.2) is 103 Å². The lowest BCUT2D eigenvalue weighted by Crippen LogP contribution is -1.98. The molecule has 0 unspecified atom stereocenters. The van der Waals surface area contributed by atoms with Gasteiger partial charge < -0.3 is 81.7 Å². The normalized spacial score (nSPS) is 11.3. The van der Waals surface area contributed by atoms with Crippen LogP contribution < -0.4 is 0 Å². The Balaban J connectivity index is 0.919. The molecule has 8 aromatic carbocycles. The molecule has 16 nitrogen and oxygen atoms in total. The molecule has 73 heavy (non-hydrogen) atoms. The lowest BCUT2D eigenvalue weighted by atomic mass is 9.93. The lowest BCUT2D eigenvalue weighted by molar-refractivity contribution is 0.440. The van der Waals surface area contributed by atoms with Gasteiger partial charge in [0.05, 0.1) is 0 Å². The number of hydrogen-bond donors (Lipinski definition) is 16. The summed E-state index contributed by atoms with van der Waals surface area (Å²) in [6.45, 7) is 1.83. The van der Waals surface area contributed by atoms with E-state index in [9.17, 15) is 81.7 Å². The van der Waals surface area contributed by atoms with Crippen LogP contribution in [-0.2, 0) is 51.4 Å².